The van der Waals surface area contributed by atoms with Crippen LogP contribution in [0.15, 0.2) is 30.5 Å². The van der Waals surface area contributed by atoms with Crippen molar-refractivity contribution in [1.29, 1.82) is 0 Å². The Labute approximate surface area is 133 Å². The van der Waals surface area contributed by atoms with Gasteiger partial charge in [0.25, 0.3) is 5.69 Å². The van der Waals surface area contributed by atoms with E-state index in [0.29, 0.717) is 5.69 Å². The molecule has 0 atom stereocenters. The number of carbonyl (C=O) groups excluding carboxylic acids is 1. The summed E-state index contributed by atoms with van der Waals surface area (Å²) < 4.78 is 1.87. The molecule has 0 unspecified atom stereocenters. The van der Waals surface area contributed by atoms with Gasteiger partial charge in [-0.05, 0) is 6.07 Å². The topological polar surface area (TPSA) is 105 Å². The van der Waals surface area contributed by atoms with E-state index < -0.39 is 11.0 Å². The van der Waals surface area contributed by atoms with E-state index in [4.69, 9.17) is 0 Å². The Kier molecular flexibility index (Phi) is 4.79. The molecule has 2 amide bonds. The zero-order chi connectivity index (χ0) is 17.0. The third kappa shape index (κ3) is 3.96. The van der Waals surface area contributed by atoms with Crippen LogP contribution in [0, 0.1) is 10.1 Å². The van der Waals surface area contributed by atoms with Gasteiger partial charge in [0.2, 0.25) is 5.95 Å². The molecule has 0 spiro atoms. The number of imidazole rings is 1. The molecule has 0 bridgehead atoms. The van der Waals surface area contributed by atoms with Crippen molar-refractivity contribution in [3.8, 4) is 0 Å². The zero-order valence-electron chi connectivity index (χ0n) is 13.1. The summed E-state index contributed by atoms with van der Waals surface area (Å²) in [6.45, 7) is 0.290. The van der Waals surface area contributed by atoms with Crippen molar-refractivity contribution in [3.05, 3.63) is 46.3 Å². The van der Waals surface area contributed by atoms with Crippen LogP contribution in [0.5, 0.6) is 0 Å². The number of amides is 2. The highest BCUT2D eigenvalue weighted by molar-refractivity contribution is 5.89. The maximum Gasteiger partial charge on any atom is 0.319 e. The van der Waals surface area contributed by atoms with Crippen LogP contribution in [0.1, 0.15) is 5.69 Å². The molecular formula is C14H18N6O3. The summed E-state index contributed by atoms with van der Waals surface area (Å²) in [7, 11) is 5.63. The SMILES string of the molecule is CN(C)c1ncc(CNC(=O)Nc2cccc([N+](=O)[O-])c2)n1C. The van der Waals surface area contributed by atoms with Gasteiger partial charge in [-0.2, -0.15) is 0 Å². The lowest BCUT2D eigenvalue weighted by atomic mass is 10.3. The van der Waals surface area contributed by atoms with E-state index in [1.807, 2.05) is 30.6 Å². The molecule has 0 fully saturated rings. The molecule has 0 saturated heterocycles. The quantitative estimate of drug-likeness (QED) is 0.645. The number of nitro groups is 1. The fourth-order valence-corrected chi connectivity index (χ4v) is 2.06. The number of hydrogen-bond donors (Lipinski definition) is 2. The lowest BCUT2D eigenvalue weighted by molar-refractivity contribution is -0.384. The number of aromatic nitrogens is 2. The molecule has 2 N–H and O–H groups in total. The van der Waals surface area contributed by atoms with Crippen LogP contribution in [-0.2, 0) is 13.6 Å². The highest BCUT2D eigenvalue weighted by Gasteiger charge is 2.10. The Bertz CT molecular complexity index is 725. The number of urea groups is 1. The first-order valence-electron chi connectivity index (χ1n) is 6.85. The number of non-ortho nitro benzene ring substituents is 1. The van der Waals surface area contributed by atoms with E-state index >= 15 is 0 Å². The van der Waals surface area contributed by atoms with Crippen LogP contribution >= 0.6 is 0 Å². The van der Waals surface area contributed by atoms with E-state index in [0.717, 1.165) is 11.6 Å². The first-order chi connectivity index (χ1) is 10.9. The molecule has 1 aromatic heterocycles. The number of carbonyl (C=O) groups is 1. The number of hydrogen-bond acceptors (Lipinski definition) is 5. The summed E-state index contributed by atoms with van der Waals surface area (Å²) in [6.07, 6.45) is 1.68. The Balaban J connectivity index is 1.95. The second-order valence-corrected chi connectivity index (χ2v) is 5.12. The molecule has 0 saturated carbocycles. The summed E-state index contributed by atoms with van der Waals surface area (Å²) in [5.74, 6) is 0.779. The molecule has 23 heavy (non-hydrogen) atoms. The summed E-state index contributed by atoms with van der Waals surface area (Å²) >= 11 is 0. The molecule has 0 radical (unpaired) electrons. The Morgan fingerprint density at radius 1 is 1.43 bits per heavy atom. The second kappa shape index (κ2) is 6.77. The standard InChI is InChI=1S/C14H18N6O3/c1-18(2)14-16-9-12(19(14)3)8-15-13(21)17-10-5-4-6-11(7-10)20(22)23/h4-7,9H,8H2,1-3H3,(H2,15,17,21). The van der Waals surface area contributed by atoms with Crippen molar-refractivity contribution in [2.24, 2.45) is 7.05 Å². The third-order valence-corrected chi connectivity index (χ3v) is 3.20. The number of nitrogens with one attached hydrogen (secondary N) is 2. The minimum atomic E-state index is -0.512. The number of rotatable bonds is 5. The van der Waals surface area contributed by atoms with E-state index in [9.17, 15) is 14.9 Å². The van der Waals surface area contributed by atoms with Gasteiger partial charge < -0.3 is 20.1 Å². The van der Waals surface area contributed by atoms with Gasteiger partial charge in [-0.15, -0.1) is 0 Å². The van der Waals surface area contributed by atoms with Crippen LogP contribution in [-0.4, -0.2) is 34.6 Å². The van der Waals surface area contributed by atoms with Gasteiger partial charge in [0.15, 0.2) is 0 Å². The fraction of sp³-hybridized carbons (Fsp3) is 0.286. The summed E-state index contributed by atoms with van der Waals surface area (Å²) in [5.41, 5.74) is 1.11. The number of nitro benzene ring substituents is 1. The molecular weight excluding hydrogens is 300 g/mol. The minimum Gasteiger partial charge on any atom is -0.348 e. The molecule has 122 valence electrons. The Hall–Kier alpha value is -3.10. The van der Waals surface area contributed by atoms with E-state index in [2.05, 4.69) is 15.6 Å². The number of benzene rings is 1. The van der Waals surface area contributed by atoms with Gasteiger partial charge in [-0.3, -0.25) is 10.1 Å². The summed E-state index contributed by atoms with van der Waals surface area (Å²) in [4.78, 5) is 28.2. The average molecular weight is 318 g/mol. The normalized spacial score (nSPS) is 10.2. The first-order valence-corrected chi connectivity index (χ1v) is 6.85. The lowest BCUT2D eigenvalue weighted by Gasteiger charge is -2.13. The number of nitrogens with zero attached hydrogens (tertiary/aromatic N) is 4. The molecule has 9 heteroatoms. The Morgan fingerprint density at radius 2 is 2.17 bits per heavy atom. The van der Waals surface area contributed by atoms with Crippen LogP contribution in [0.3, 0.4) is 0 Å². The molecule has 1 aromatic carbocycles. The minimum absolute atomic E-state index is 0.0786. The van der Waals surface area contributed by atoms with Crippen molar-refractivity contribution < 1.29 is 9.72 Å². The molecule has 2 aromatic rings. The lowest BCUT2D eigenvalue weighted by Crippen LogP contribution is -2.29. The maximum atomic E-state index is 11.9. The average Bonchev–Trinajstić information content (AvgIpc) is 2.86. The fourth-order valence-electron chi connectivity index (χ4n) is 2.06. The molecule has 1 heterocycles. The molecule has 2 rings (SSSR count). The van der Waals surface area contributed by atoms with Gasteiger partial charge in [-0.1, -0.05) is 6.07 Å². The highest BCUT2D eigenvalue weighted by Crippen LogP contribution is 2.17. The zero-order valence-corrected chi connectivity index (χ0v) is 13.1. The predicted molar refractivity (Wildman–Crippen MR) is 86.5 cm³/mol. The van der Waals surface area contributed by atoms with E-state index in [1.165, 1.54) is 18.2 Å². The molecule has 0 aliphatic rings. The van der Waals surface area contributed by atoms with Gasteiger partial charge >= 0.3 is 6.03 Å². The van der Waals surface area contributed by atoms with Crippen LogP contribution in [0.4, 0.5) is 22.1 Å². The molecule has 0 aliphatic carbocycles. The predicted octanol–water partition coefficient (Wildman–Crippen LogP) is 1.72. The summed E-state index contributed by atoms with van der Waals surface area (Å²) in [6, 6.07) is 5.31. The summed E-state index contributed by atoms with van der Waals surface area (Å²) in [5, 5.41) is 16.0. The monoisotopic (exact) mass is 318 g/mol. The van der Waals surface area contributed by atoms with Crippen molar-refractivity contribution in [1.82, 2.24) is 14.9 Å². The number of anilines is 2. The highest BCUT2D eigenvalue weighted by atomic mass is 16.6. The Morgan fingerprint density at radius 3 is 2.78 bits per heavy atom. The van der Waals surface area contributed by atoms with Gasteiger partial charge in [0.1, 0.15) is 0 Å². The molecule has 0 aliphatic heterocycles. The van der Waals surface area contributed by atoms with Crippen LogP contribution < -0.4 is 15.5 Å². The maximum absolute atomic E-state index is 11.9. The van der Waals surface area contributed by atoms with Crippen molar-refractivity contribution >= 4 is 23.4 Å². The third-order valence-electron chi connectivity index (χ3n) is 3.20. The largest absolute Gasteiger partial charge is 0.348 e. The molecule has 9 nitrogen and oxygen atoms in total. The van der Waals surface area contributed by atoms with E-state index in [1.54, 1.807) is 12.3 Å². The van der Waals surface area contributed by atoms with Crippen molar-refractivity contribution in [3.63, 3.8) is 0 Å². The van der Waals surface area contributed by atoms with Gasteiger partial charge in [-0.25, -0.2) is 9.78 Å². The van der Waals surface area contributed by atoms with Gasteiger partial charge in [0.05, 0.1) is 23.4 Å². The van der Waals surface area contributed by atoms with Crippen LogP contribution in [0.25, 0.3) is 0 Å². The first kappa shape index (κ1) is 16.3. The van der Waals surface area contributed by atoms with Crippen molar-refractivity contribution in [2.75, 3.05) is 24.3 Å². The van der Waals surface area contributed by atoms with Crippen molar-refractivity contribution in [2.45, 2.75) is 6.54 Å². The van der Waals surface area contributed by atoms with E-state index in [-0.39, 0.29) is 12.2 Å². The van der Waals surface area contributed by atoms with Crippen LogP contribution in [0.2, 0.25) is 0 Å². The van der Waals surface area contributed by atoms with Gasteiger partial charge in [0, 0.05) is 39.0 Å². The second-order valence-electron chi connectivity index (χ2n) is 5.12. The smallest absolute Gasteiger partial charge is 0.319 e.